The summed E-state index contributed by atoms with van der Waals surface area (Å²) in [7, 11) is 1.62. The Balaban J connectivity index is 1.58. The standard InChI is InChI=1S/C31H33N3O4/c1-5-6-14-34-30(22-12-13-24(25(17-22)37-4)38-18-21-10-8-7-9-11-21)27-28(32-33-29(27)31(34)36)26-20(3)15-19(2)16-23(26)35/h7-13,15-17,30,35H,5-6,14,18H2,1-4H3,(H,32,33). The number of aromatic hydroxyl groups is 1. The number of aryl methyl sites for hydroxylation is 2. The van der Waals surface area contributed by atoms with Crippen molar-refractivity contribution in [1.82, 2.24) is 15.1 Å². The number of methoxy groups -OCH3 is 1. The minimum Gasteiger partial charge on any atom is -0.507 e. The molecule has 1 aliphatic heterocycles. The molecule has 0 spiro atoms. The van der Waals surface area contributed by atoms with Gasteiger partial charge in [-0.05, 0) is 60.7 Å². The zero-order valence-corrected chi connectivity index (χ0v) is 22.2. The summed E-state index contributed by atoms with van der Waals surface area (Å²) in [5.41, 5.74) is 6.28. The molecular weight excluding hydrogens is 478 g/mol. The fourth-order valence-corrected chi connectivity index (χ4v) is 5.25. The van der Waals surface area contributed by atoms with Crippen LogP contribution in [0, 0.1) is 13.8 Å². The molecule has 196 valence electrons. The van der Waals surface area contributed by atoms with Crippen molar-refractivity contribution >= 4 is 5.91 Å². The number of unbranched alkanes of at least 4 members (excludes halogenated alkanes) is 1. The highest BCUT2D eigenvalue weighted by Crippen LogP contribution is 2.47. The predicted octanol–water partition coefficient (Wildman–Crippen LogP) is 6.33. The third-order valence-electron chi connectivity index (χ3n) is 7.05. The molecule has 1 unspecified atom stereocenters. The van der Waals surface area contributed by atoms with Crippen molar-refractivity contribution in [3.8, 4) is 28.5 Å². The van der Waals surface area contributed by atoms with Gasteiger partial charge >= 0.3 is 0 Å². The van der Waals surface area contributed by atoms with Crippen LogP contribution in [0.25, 0.3) is 11.3 Å². The van der Waals surface area contributed by atoms with Gasteiger partial charge in [0, 0.05) is 17.7 Å². The molecule has 0 saturated heterocycles. The van der Waals surface area contributed by atoms with E-state index in [1.165, 1.54) is 0 Å². The van der Waals surface area contributed by atoms with Crippen molar-refractivity contribution in [2.24, 2.45) is 0 Å². The summed E-state index contributed by atoms with van der Waals surface area (Å²) in [6, 6.07) is 19.1. The van der Waals surface area contributed by atoms with Crippen LogP contribution >= 0.6 is 0 Å². The smallest absolute Gasteiger partial charge is 0.273 e. The molecule has 0 radical (unpaired) electrons. The van der Waals surface area contributed by atoms with Crippen molar-refractivity contribution < 1.29 is 19.4 Å². The first-order chi connectivity index (χ1) is 18.4. The first-order valence-corrected chi connectivity index (χ1v) is 13.0. The van der Waals surface area contributed by atoms with Gasteiger partial charge in [-0.15, -0.1) is 0 Å². The topological polar surface area (TPSA) is 87.7 Å². The van der Waals surface area contributed by atoms with Crippen LogP contribution in [-0.4, -0.2) is 39.8 Å². The molecule has 1 aliphatic rings. The Bertz CT molecular complexity index is 1440. The summed E-state index contributed by atoms with van der Waals surface area (Å²) >= 11 is 0. The highest BCUT2D eigenvalue weighted by Gasteiger charge is 2.42. The van der Waals surface area contributed by atoms with Crippen LogP contribution in [-0.2, 0) is 6.61 Å². The molecule has 2 N–H and O–H groups in total. The molecule has 0 fully saturated rings. The zero-order valence-electron chi connectivity index (χ0n) is 22.2. The second kappa shape index (κ2) is 10.6. The van der Waals surface area contributed by atoms with E-state index < -0.39 is 0 Å². The molecule has 0 aliphatic carbocycles. The van der Waals surface area contributed by atoms with E-state index in [2.05, 4.69) is 17.1 Å². The average molecular weight is 512 g/mol. The fraction of sp³-hybridized carbons (Fsp3) is 0.290. The van der Waals surface area contributed by atoms with Gasteiger partial charge in [-0.2, -0.15) is 5.10 Å². The molecule has 0 saturated carbocycles. The monoisotopic (exact) mass is 511 g/mol. The third kappa shape index (κ3) is 4.60. The van der Waals surface area contributed by atoms with Crippen molar-refractivity contribution in [3.63, 3.8) is 0 Å². The van der Waals surface area contributed by atoms with Gasteiger partial charge in [0.1, 0.15) is 23.7 Å². The number of nitrogens with one attached hydrogen (secondary N) is 1. The number of fused-ring (bicyclic) bond motifs is 1. The van der Waals surface area contributed by atoms with Crippen molar-refractivity contribution in [3.05, 3.63) is 94.2 Å². The van der Waals surface area contributed by atoms with Gasteiger partial charge in [0.2, 0.25) is 0 Å². The SMILES string of the molecule is CCCCN1C(=O)c2[nH]nc(-c3c(C)cc(C)cc3O)c2C1c1ccc(OCc2ccccc2)c(OC)c1. The zero-order chi connectivity index (χ0) is 26.8. The Hall–Kier alpha value is -4.26. The molecule has 3 aromatic carbocycles. The molecule has 0 bridgehead atoms. The molecule has 1 aromatic heterocycles. The van der Waals surface area contributed by atoms with Crippen LogP contribution in [0.5, 0.6) is 17.2 Å². The van der Waals surface area contributed by atoms with E-state index in [4.69, 9.17) is 9.47 Å². The molecule has 7 nitrogen and oxygen atoms in total. The molecular formula is C31H33N3O4. The van der Waals surface area contributed by atoms with Crippen LogP contribution in [0.1, 0.15) is 64.1 Å². The number of nitrogens with zero attached hydrogens (tertiary/aromatic N) is 2. The number of benzene rings is 3. The quantitative estimate of drug-likeness (QED) is 0.274. The first-order valence-electron chi connectivity index (χ1n) is 13.0. The summed E-state index contributed by atoms with van der Waals surface area (Å²) in [6.07, 6.45) is 1.84. The number of carbonyl (C=O) groups is 1. The van der Waals surface area contributed by atoms with Crippen LogP contribution in [0.4, 0.5) is 0 Å². The van der Waals surface area contributed by atoms with E-state index in [9.17, 15) is 9.90 Å². The lowest BCUT2D eigenvalue weighted by atomic mass is 9.93. The van der Waals surface area contributed by atoms with Crippen LogP contribution in [0.15, 0.2) is 60.7 Å². The summed E-state index contributed by atoms with van der Waals surface area (Å²) < 4.78 is 11.8. The van der Waals surface area contributed by atoms with E-state index in [0.29, 0.717) is 41.6 Å². The summed E-state index contributed by atoms with van der Waals surface area (Å²) in [5.74, 6) is 1.28. The molecule has 7 heteroatoms. The number of carbonyl (C=O) groups excluding carboxylic acids is 1. The normalized spacial score (nSPS) is 14.6. The molecule has 38 heavy (non-hydrogen) atoms. The van der Waals surface area contributed by atoms with Gasteiger partial charge in [0.15, 0.2) is 11.5 Å². The lowest BCUT2D eigenvalue weighted by Gasteiger charge is -2.27. The van der Waals surface area contributed by atoms with E-state index >= 15 is 0 Å². The van der Waals surface area contributed by atoms with Crippen LogP contribution in [0.3, 0.4) is 0 Å². The lowest BCUT2D eigenvalue weighted by molar-refractivity contribution is 0.0741. The molecule has 2 heterocycles. The Morgan fingerprint density at radius 2 is 1.84 bits per heavy atom. The fourth-order valence-electron chi connectivity index (χ4n) is 5.25. The van der Waals surface area contributed by atoms with E-state index in [1.807, 2.05) is 73.3 Å². The highest BCUT2D eigenvalue weighted by atomic mass is 16.5. The van der Waals surface area contributed by atoms with Gasteiger partial charge in [0.05, 0.1) is 13.2 Å². The van der Waals surface area contributed by atoms with Crippen LogP contribution < -0.4 is 9.47 Å². The summed E-state index contributed by atoms with van der Waals surface area (Å²) in [5, 5.41) is 18.4. The molecule has 4 aromatic rings. The number of hydrogen-bond donors (Lipinski definition) is 2. The van der Waals surface area contributed by atoms with E-state index in [1.54, 1.807) is 13.2 Å². The highest BCUT2D eigenvalue weighted by molar-refractivity contribution is 6.00. The number of aromatic nitrogens is 2. The number of hydrogen-bond acceptors (Lipinski definition) is 5. The van der Waals surface area contributed by atoms with E-state index in [-0.39, 0.29) is 17.7 Å². The summed E-state index contributed by atoms with van der Waals surface area (Å²) in [6.45, 7) is 7.03. The number of phenols is 1. The van der Waals surface area contributed by atoms with Gasteiger partial charge in [-0.1, -0.05) is 55.8 Å². The number of H-pyrrole nitrogens is 1. The third-order valence-corrected chi connectivity index (χ3v) is 7.05. The second-order valence-electron chi connectivity index (χ2n) is 9.78. The van der Waals surface area contributed by atoms with E-state index in [0.717, 1.165) is 40.7 Å². The van der Waals surface area contributed by atoms with Gasteiger partial charge in [0.25, 0.3) is 5.91 Å². The number of amides is 1. The number of rotatable bonds is 9. The Morgan fingerprint density at radius 3 is 2.55 bits per heavy atom. The van der Waals surface area contributed by atoms with Gasteiger partial charge in [-0.3, -0.25) is 9.89 Å². The van der Waals surface area contributed by atoms with Gasteiger partial charge < -0.3 is 19.5 Å². The van der Waals surface area contributed by atoms with Crippen LogP contribution in [0.2, 0.25) is 0 Å². The number of ether oxygens (including phenoxy) is 2. The summed E-state index contributed by atoms with van der Waals surface area (Å²) in [4.78, 5) is 15.5. The van der Waals surface area contributed by atoms with Crippen molar-refractivity contribution in [1.29, 1.82) is 0 Å². The largest absolute Gasteiger partial charge is 0.507 e. The second-order valence-corrected chi connectivity index (χ2v) is 9.78. The Morgan fingerprint density at radius 1 is 1.05 bits per heavy atom. The maximum Gasteiger partial charge on any atom is 0.273 e. The average Bonchev–Trinajstić information content (AvgIpc) is 3.44. The minimum atomic E-state index is -0.380. The Kier molecular flexibility index (Phi) is 7.09. The molecule has 1 amide bonds. The number of aromatic amines is 1. The molecule has 5 rings (SSSR count). The predicted molar refractivity (Wildman–Crippen MR) is 147 cm³/mol. The number of phenolic OH excluding ortho intramolecular Hbond substituents is 1. The first kappa shape index (κ1) is 25.4. The maximum atomic E-state index is 13.6. The lowest BCUT2D eigenvalue weighted by Crippen LogP contribution is -2.30. The van der Waals surface area contributed by atoms with Gasteiger partial charge in [-0.25, -0.2) is 0 Å². The Labute approximate surface area is 223 Å². The van der Waals surface area contributed by atoms with Crippen molar-refractivity contribution in [2.75, 3.05) is 13.7 Å². The molecule has 1 atom stereocenters. The maximum absolute atomic E-state index is 13.6. The van der Waals surface area contributed by atoms with Crippen molar-refractivity contribution in [2.45, 2.75) is 46.3 Å². The minimum absolute atomic E-state index is 0.0928.